The number of sulfone groups is 1. The molecule has 0 aromatic carbocycles. The highest BCUT2D eigenvalue weighted by molar-refractivity contribution is 7.92. The third kappa shape index (κ3) is 7.90. The summed E-state index contributed by atoms with van der Waals surface area (Å²) in [5, 5.41) is 2.58. The van der Waals surface area contributed by atoms with Crippen molar-refractivity contribution in [2.75, 3.05) is 18.1 Å². The summed E-state index contributed by atoms with van der Waals surface area (Å²) in [5.74, 6) is -0.896. The van der Waals surface area contributed by atoms with Crippen LogP contribution in [0.4, 0.5) is 0 Å². The number of carbonyl (C=O) groups excluding carboxylic acids is 1. The van der Waals surface area contributed by atoms with E-state index in [4.69, 9.17) is 5.73 Å². The first-order valence-corrected chi connectivity index (χ1v) is 6.76. The van der Waals surface area contributed by atoms with Gasteiger partial charge in [-0.2, -0.15) is 0 Å². The Labute approximate surface area is 103 Å². The van der Waals surface area contributed by atoms with Crippen molar-refractivity contribution >= 4 is 28.2 Å². The molecule has 0 unspecified atom stereocenters. The molecule has 0 spiro atoms. The average Bonchev–Trinajstić information content (AvgIpc) is 2.01. The molecule has 0 heterocycles. The maximum atomic E-state index is 11.4. The Morgan fingerprint density at radius 1 is 1.38 bits per heavy atom. The van der Waals surface area contributed by atoms with Gasteiger partial charge in [0.1, 0.15) is 5.75 Å². The van der Waals surface area contributed by atoms with Crippen LogP contribution >= 0.6 is 12.4 Å². The van der Waals surface area contributed by atoms with Crippen LogP contribution in [0.5, 0.6) is 0 Å². The molecule has 0 bridgehead atoms. The fourth-order valence-electron chi connectivity index (χ4n) is 1.05. The van der Waals surface area contributed by atoms with Gasteiger partial charge in [-0.05, 0) is 20.3 Å². The van der Waals surface area contributed by atoms with Crippen molar-refractivity contribution in [2.24, 2.45) is 5.73 Å². The highest BCUT2D eigenvalue weighted by Gasteiger charge is 2.22. The quantitative estimate of drug-likeness (QED) is 0.717. The van der Waals surface area contributed by atoms with Crippen LogP contribution in [0.25, 0.3) is 0 Å². The topological polar surface area (TPSA) is 89.3 Å². The van der Waals surface area contributed by atoms with E-state index < -0.39 is 27.0 Å². The molecule has 5 nitrogen and oxygen atoms in total. The predicted octanol–water partition coefficient (Wildman–Crippen LogP) is 0.0865. The van der Waals surface area contributed by atoms with Gasteiger partial charge in [-0.15, -0.1) is 12.4 Å². The van der Waals surface area contributed by atoms with Crippen molar-refractivity contribution in [3.05, 3.63) is 0 Å². The lowest BCUT2D eigenvalue weighted by molar-refractivity contribution is -0.120. The molecule has 0 rings (SSSR count). The second-order valence-electron chi connectivity index (χ2n) is 4.23. The summed E-state index contributed by atoms with van der Waals surface area (Å²) >= 11 is 0. The first-order valence-electron chi connectivity index (χ1n) is 4.94. The molecule has 0 saturated heterocycles. The Morgan fingerprint density at radius 2 is 1.88 bits per heavy atom. The van der Waals surface area contributed by atoms with Crippen molar-refractivity contribution in [2.45, 2.75) is 32.7 Å². The largest absolute Gasteiger partial charge is 0.349 e. The van der Waals surface area contributed by atoms with Crippen LogP contribution < -0.4 is 11.1 Å². The van der Waals surface area contributed by atoms with Crippen LogP contribution in [-0.4, -0.2) is 37.9 Å². The van der Waals surface area contributed by atoms with E-state index in [2.05, 4.69) is 5.32 Å². The molecule has 0 aromatic rings. The normalized spacial score (nSPS) is 11.8. The van der Waals surface area contributed by atoms with E-state index in [1.165, 1.54) is 0 Å². The van der Waals surface area contributed by atoms with Crippen molar-refractivity contribution in [1.82, 2.24) is 5.32 Å². The molecule has 0 aliphatic heterocycles. The SMILES string of the molecule is CCCS(=O)(=O)CC(=O)NC(C)(C)CN.Cl. The van der Waals surface area contributed by atoms with Gasteiger partial charge < -0.3 is 11.1 Å². The Bertz CT molecular complexity index is 315. The highest BCUT2D eigenvalue weighted by Crippen LogP contribution is 2.00. The number of amides is 1. The molecular formula is C9H21ClN2O3S. The number of hydrogen-bond donors (Lipinski definition) is 2. The number of carbonyl (C=O) groups is 1. The van der Waals surface area contributed by atoms with Gasteiger partial charge in [0.25, 0.3) is 0 Å². The number of nitrogens with two attached hydrogens (primary N) is 1. The zero-order valence-electron chi connectivity index (χ0n) is 9.95. The minimum atomic E-state index is -3.26. The van der Waals surface area contributed by atoms with Crippen molar-refractivity contribution < 1.29 is 13.2 Å². The van der Waals surface area contributed by atoms with Crippen molar-refractivity contribution in [3.8, 4) is 0 Å². The summed E-state index contributed by atoms with van der Waals surface area (Å²) in [7, 11) is -3.26. The standard InChI is InChI=1S/C9H20N2O3S.ClH/c1-4-5-15(13,14)6-8(12)11-9(2,3)7-10;/h4-7,10H2,1-3H3,(H,11,12);1H. The maximum absolute atomic E-state index is 11.4. The zero-order chi connectivity index (χ0) is 12.1. The minimum Gasteiger partial charge on any atom is -0.349 e. The van der Waals surface area contributed by atoms with Gasteiger partial charge in [0.2, 0.25) is 5.91 Å². The molecule has 0 atom stereocenters. The highest BCUT2D eigenvalue weighted by atomic mass is 35.5. The van der Waals surface area contributed by atoms with E-state index in [0.29, 0.717) is 6.42 Å². The second-order valence-corrected chi connectivity index (χ2v) is 6.41. The van der Waals surface area contributed by atoms with Crippen LogP contribution in [0.15, 0.2) is 0 Å². The predicted molar refractivity (Wildman–Crippen MR) is 67.5 cm³/mol. The van der Waals surface area contributed by atoms with E-state index in [1.807, 2.05) is 0 Å². The molecule has 0 saturated carbocycles. The van der Waals surface area contributed by atoms with Gasteiger partial charge in [-0.3, -0.25) is 4.79 Å². The molecule has 0 aromatic heterocycles. The molecule has 98 valence electrons. The summed E-state index contributed by atoms with van der Waals surface area (Å²) in [6, 6.07) is 0. The van der Waals surface area contributed by atoms with Crippen LogP contribution in [0, 0.1) is 0 Å². The Kier molecular flexibility index (Phi) is 7.99. The van der Waals surface area contributed by atoms with Crippen LogP contribution in [0.1, 0.15) is 27.2 Å². The van der Waals surface area contributed by atoms with Crippen LogP contribution in [0.2, 0.25) is 0 Å². The number of halogens is 1. The summed E-state index contributed by atoms with van der Waals surface area (Å²) in [5.41, 5.74) is 4.86. The van der Waals surface area contributed by atoms with Gasteiger partial charge in [0, 0.05) is 12.1 Å². The van der Waals surface area contributed by atoms with Crippen molar-refractivity contribution in [1.29, 1.82) is 0 Å². The number of rotatable bonds is 6. The molecule has 0 fully saturated rings. The van der Waals surface area contributed by atoms with Crippen LogP contribution in [0.3, 0.4) is 0 Å². The van der Waals surface area contributed by atoms with Gasteiger partial charge in [0.15, 0.2) is 9.84 Å². The lowest BCUT2D eigenvalue weighted by Gasteiger charge is -2.24. The second kappa shape index (κ2) is 7.09. The summed E-state index contributed by atoms with van der Waals surface area (Å²) in [4.78, 5) is 11.4. The Morgan fingerprint density at radius 3 is 2.25 bits per heavy atom. The first kappa shape index (κ1) is 18.0. The van der Waals surface area contributed by atoms with Gasteiger partial charge in [-0.1, -0.05) is 6.92 Å². The van der Waals surface area contributed by atoms with E-state index in [9.17, 15) is 13.2 Å². The van der Waals surface area contributed by atoms with E-state index >= 15 is 0 Å². The molecule has 0 aliphatic rings. The van der Waals surface area contributed by atoms with E-state index in [-0.39, 0.29) is 24.7 Å². The summed E-state index contributed by atoms with van der Waals surface area (Å²) in [6.07, 6.45) is 0.524. The lowest BCUT2D eigenvalue weighted by Crippen LogP contribution is -2.50. The molecule has 0 aliphatic carbocycles. The number of nitrogens with one attached hydrogen (secondary N) is 1. The summed E-state index contributed by atoms with van der Waals surface area (Å²) < 4.78 is 22.6. The van der Waals surface area contributed by atoms with Crippen LogP contribution in [-0.2, 0) is 14.6 Å². The molecule has 0 radical (unpaired) electrons. The first-order chi connectivity index (χ1) is 6.72. The fourth-order valence-corrected chi connectivity index (χ4v) is 2.29. The number of hydrogen-bond acceptors (Lipinski definition) is 4. The Balaban J connectivity index is 0. The third-order valence-corrected chi connectivity index (χ3v) is 3.59. The zero-order valence-corrected chi connectivity index (χ0v) is 11.6. The Hall–Kier alpha value is -0.330. The molecule has 3 N–H and O–H groups in total. The van der Waals surface area contributed by atoms with E-state index in [1.54, 1.807) is 20.8 Å². The van der Waals surface area contributed by atoms with E-state index in [0.717, 1.165) is 0 Å². The fraction of sp³-hybridized carbons (Fsp3) is 0.889. The van der Waals surface area contributed by atoms with Gasteiger partial charge in [0.05, 0.1) is 5.75 Å². The molecule has 16 heavy (non-hydrogen) atoms. The van der Waals surface area contributed by atoms with Crippen molar-refractivity contribution in [3.63, 3.8) is 0 Å². The average molecular weight is 273 g/mol. The smallest absolute Gasteiger partial charge is 0.235 e. The lowest BCUT2D eigenvalue weighted by atomic mass is 10.1. The monoisotopic (exact) mass is 272 g/mol. The third-order valence-electron chi connectivity index (χ3n) is 1.85. The molecule has 7 heteroatoms. The molecular weight excluding hydrogens is 252 g/mol. The summed E-state index contributed by atoms with van der Waals surface area (Å²) in [6.45, 7) is 5.53. The van der Waals surface area contributed by atoms with Gasteiger partial charge >= 0.3 is 0 Å². The maximum Gasteiger partial charge on any atom is 0.235 e. The van der Waals surface area contributed by atoms with Gasteiger partial charge in [-0.25, -0.2) is 8.42 Å². The minimum absolute atomic E-state index is 0. The molecule has 1 amide bonds.